The minimum absolute atomic E-state index is 1.07. The Hall–Kier alpha value is -2.09. The summed E-state index contributed by atoms with van der Waals surface area (Å²) in [6, 6.07) is 21.2. The Balaban J connectivity index is 2.13. The van der Waals surface area contributed by atoms with Crippen molar-refractivity contribution < 1.29 is 4.68 Å². The van der Waals surface area contributed by atoms with E-state index in [4.69, 9.17) is 0 Å². The Kier molecular flexibility index (Phi) is 2.85. The first-order chi connectivity index (χ1) is 8.86. The van der Waals surface area contributed by atoms with Crippen LogP contribution in [-0.2, 0) is 0 Å². The van der Waals surface area contributed by atoms with Crippen LogP contribution in [0.15, 0.2) is 60.7 Å². The second-order valence-corrected chi connectivity index (χ2v) is 4.59. The maximum absolute atomic E-state index is 2.31. The number of hydrogen-bond acceptors (Lipinski definition) is 1. The van der Waals surface area contributed by atoms with E-state index in [2.05, 4.69) is 77.4 Å². The van der Waals surface area contributed by atoms with Crippen LogP contribution in [0.25, 0.3) is 0 Å². The molecule has 2 aromatic carbocycles. The molecule has 0 saturated heterocycles. The average molecular weight is 237 g/mol. The molecule has 1 heterocycles. The molecule has 0 saturated carbocycles. The van der Waals surface area contributed by atoms with Gasteiger partial charge in [-0.05, 0) is 12.1 Å². The van der Waals surface area contributed by atoms with Crippen molar-refractivity contribution in [2.75, 3.05) is 13.6 Å². The summed E-state index contributed by atoms with van der Waals surface area (Å²) in [5.74, 6) is 0. The van der Waals surface area contributed by atoms with Crippen molar-refractivity contribution in [1.29, 1.82) is 0 Å². The second kappa shape index (κ2) is 4.65. The fourth-order valence-electron chi connectivity index (χ4n) is 2.50. The summed E-state index contributed by atoms with van der Waals surface area (Å²) in [5.41, 5.74) is 3.92. The van der Waals surface area contributed by atoms with Gasteiger partial charge >= 0.3 is 0 Å². The third kappa shape index (κ3) is 1.90. The molecule has 0 bridgehead atoms. The SMILES string of the molecule is CN1CCC(c2ccccc2)=[N+]1c1ccccc1. The Bertz CT molecular complexity index is 558. The third-order valence-corrected chi connectivity index (χ3v) is 3.38. The zero-order valence-corrected chi connectivity index (χ0v) is 10.6. The first-order valence-electron chi connectivity index (χ1n) is 6.34. The lowest BCUT2D eigenvalue weighted by Crippen LogP contribution is -2.24. The summed E-state index contributed by atoms with van der Waals surface area (Å²) >= 11 is 0. The number of hydrazine groups is 1. The lowest BCUT2D eigenvalue weighted by Gasteiger charge is -2.09. The first-order valence-corrected chi connectivity index (χ1v) is 6.34. The predicted octanol–water partition coefficient (Wildman–Crippen LogP) is 3.07. The topological polar surface area (TPSA) is 6.25 Å². The summed E-state index contributed by atoms with van der Waals surface area (Å²) in [7, 11) is 2.14. The van der Waals surface area contributed by atoms with Gasteiger partial charge in [0, 0.05) is 17.7 Å². The summed E-state index contributed by atoms with van der Waals surface area (Å²) in [5, 5.41) is 2.28. The highest BCUT2D eigenvalue weighted by atomic mass is 15.6. The van der Waals surface area contributed by atoms with Crippen molar-refractivity contribution >= 4 is 11.4 Å². The van der Waals surface area contributed by atoms with E-state index in [0.717, 1.165) is 13.0 Å². The molecule has 0 spiro atoms. The molecule has 0 fully saturated rings. The molecular formula is C16H17N2+. The number of hydrazone groups is 1. The molecule has 0 atom stereocenters. The van der Waals surface area contributed by atoms with Crippen LogP contribution in [0.4, 0.5) is 5.69 Å². The van der Waals surface area contributed by atoms with E-state index in [-0.39, 0.29) is 0 Å². The smallest absolute Gasteiger partial charge is 0.183 e. The summed E-state index contributed by atoms with van der Waals surface area (Å²) in [6.45, 7) is 1.07. The van der Waals surface area contributed by atoms with Crippen molar-refractivity contribution in [3.63, 3.8) is 0 Å². The molecule has 1 aliphatic rings. The molecule has 0 N–H and O–H groups in total. The molecule has 0 radical (unpaired) electrons. The van der Waals surface area contributed by atoms with E-state index < -0.39 is 0 Å². The summed E-state index contributed by atoms with van der Waals surface area (Å²) in [6.07, 6.45) is 1.09. The average Bonchev–Trinajstić information content (AvgIpc) is 2.83. The quantitative estimate of drug-likeness (QED) is 0.728. The van der Waals surface area contributed by atoms with Crippen molar-refractivity contribution in [2.24, 2.45) is 0 Å². The molecule has 3 rings (SSSR count). The van der Waals surface area contributed by atoms with E-state index in [0.29, 0.717) is 0 Å². The molecule has 1 aliphatic heterocycles. The molecule has 2 nitrogen and oxygen atoms in total. The van der Waals surface area contributed by atoms with Crippen LogP contribution in [0.3, 0.4) is 0 Å². The molecule has 18 heavy (non-hydrogen) atoms. The van der Waals surface area contributed by atoms with Gasteiger partial charge in [-0.3, -0.25) is 0 Å². The van der Waals surface area contributed by atoms with E-state index in [1.54, 1.807) is 0 Å². The fourth-order valence-corrected chi connectivity index (χ4v) is 2.50. The number of nitrogens with zero attached hydrogens (tertiary/aromatic N) is 2. The fraction of sp³-hybridized carbons (Fsp3) is 0.188. The highest BCUT2D eigenvalue weighted by Gasteiger charge is 2.30. The second-order valence-electron chi connectivity index (χ2n) is 4.59. The number of benzene rings is 2. The molecule has 0 amide bonds. The molecule has 0 aliphatic carbocycles. The normalized spacial score (nSPS) is 15.3. The molecule has 90 valence electrons. The van der Waals surface area contributed by atoms with Crippen LogP contribution in [0, 0.1) is 0 Å². The molecule has 0 unspecified atom stereocenters. The van der Waals surface area contributed by atoms with Crippen molar-refractivity contribution in [3.05, 3.63) is 66.2 Å². The first kappa shape index (κ1) is 11.0. The van der Waals surface area contributed by atoms with E-state index in [1.807, 2.05) is 0 Å². The van der Waals surface area contributed by atoms with E-state index in [1.165, 1.54) is 17.0 Å². The van der Waals surface area contributed by atoms with Gasteiger partial charge in [0.2, 0.25) is 11.4 Å². The third-order valence-electron chi connectivity index (χ3n) is 3.38. The summed E-state index contributed by atoms with van der Waals surface area (Å²) in [4.78, 5) is 0. The van der Waals surface area contributed by atoms with Crippen LogP contribution >= 0.6 is 0 Å². The predicted molar refractivity (Wildman–Crippen MR) is 74.2 cm³/mol. The van der Waals surface area contributed by atoms with Gasteiger partial charge in [0.25, 0.3) is 0 Å². The zero-order valence-electron chi connectivity index (χ0n) is 10.6. The molecule has 0 aromatic heterocycles. The summed E-state index contributed by atoms with van der Waals surface area (Å²) < 4.78 is 2.31. The Morgan fingerprint density at radius 2 is 1.50 bits per heavy atom. The Labute approximate surface area is 108 Å². The van der Waals surface area contributed by atoms with Crippen molar-refractivity contribution in [1.82, 2.24) is 5.01 Å². The molecule has 2 aromatic rings. The lowest BCUT2D eigenvalue weighted by molar-refractivity contribution is -0.605. The number of rotatable bonds is 2. The van der Waals surface area contributed by atoms with E-state index >= 15 is 0 Å². The minimum Gasteiger partial charge on any atom is -0.183 e. The molecular weight excluding hydrogens is 220 g/mol. The van der Waals surface area contributed by atoms with Crippen LogP contribution in [0.5, 0.6) is 0 Å². The van der Waals surface area contributed by atoms with Gasteiger partial charge < -0.3 is 0 Å². The van der Waals surface area contributed by atoms with E-state index in [9.17, 15) is 0 Å². The highest BCUT2D eigenvalue weighted by Crippen LogP contribution is 2.21. The monoisotopic (exact) mass is 237 g/mol. The maximum atomic E-state index is 2.31. The van der Waals surface area contributed by atoms with Gasteiger partial charge in [-0.15, -0.1) is 0 Å². The van der Waals surface area contributed by atoms with Gasteiger partial charge in [0.1, 0.15) is 0 Å². The van der Waals surface area contributed by atoms with Crippen LogP contribution in [-0.4, -0.2) is 29.0 Å². The van der Waals surface area contributed by atoms with Crippen LogP contribution in [0.2, 0.25) is 0 Å². The highest BCUT2D eigenvalue weighted by molar-refractivity contribution is 5.98. The van der Waals surface area contributed by atoms with Gasteiger partial charge in [-0.2, -0.15) is 5.01 Å². The number of hydrogen-bond donors (Lipinski definition) is 0. The minimum atomic E-state index is 1.07. The maximum Gasteiger partial charge on any atom is 0.235 e. The lowest BCUT2D eigenvalue weighted by atomic mass is 10.1. The van der Waals surface area contributed by atoms with Crippen LogP contribution in [0.1, 0.15) is 12.0 Å². The van der Waals surface area contributed by atoms with Gasteiger partial charge in [-0.25, -0.2) is 0 Å². The standard InChI is InChI=1S/C16H17N2/c1-17-13-12-16(14-8-4-2-5-9-14)18(17)15-10-6-3-7-11-15/h2-11H,12-13H2,1H3/q+1. The van der Waals surface area contributed by atoms with Crippen LogP contribution < -0.4 is 0 Å². The van der Waals surface area contributed by atoms with Crippen molar-refractivity contribution in [2.45, 2.75) is 6.42 Å². The van der Waals surface area contributed by atoms with Gasteiger partial charge in [0.05, 0.1) is 20.0 Å². The Morgan fingerprint density at radius 1 is 0.889 bits per heavy atom. The molecule has 2 heteroatoms. The van der Waals surface area contributed by atoms with Gasteiger partial charge in [0.15, 0.2) is 0 Å². The van der Waals surface area contributed by atoms with Gasteiger partial charge in [-0.1, -0.05) is 41.1 Å². The van der Waals surface area contributed by atoms with Crippen molar-refractivity contribution in [3.8, 4) is 0 Å². The Morgan fingerprint density at radius 3 is 2.17 bits per heavy atom. The zero-order chi connectivity index (χ0) is 12.4. The number of para-hydroxylation sites is 1. The largest absolute Gasteiger partial charge is 0.235 e.